The maximum atomic E-state index is 13.4. The molecule has 2 aliphatic rings. The maximum absolute atomic E-state index is 13.4. The van der Waals surface area contributed by atoms with E-state index in [2.05, 4.69) is 15.1 Å². The summed E-state index contributed by atoms with van der Waals surface area (Å²) in [5, 5.41) is 4.55. The highest BCUT2D eigenvalue weighted by Gasteiger charge is 2.33. The van der Waals surface area contributed by atoms with Crippen LogP contribution in [0.15, 0.2) is 42.9 Å². The van der Waals surface area contributed by atoms with E-state index in [1.54, 1.807) is 47.4 Å². The average molecular weight is 394 g/mol. The van der Waals surface area contributed by atoms with Crippen molar-refractivity contribution in [2.45, 2.75) is 19.1 Å². The smallest absolute Gasteiger partial charge is 0.263 e. The monoisotopic (exact) mass is 394 g/mol. The van der Waals surface area contributed by atoms with Gasteiger partial charge in [-0.15, -0.1) is 0 Å². The zero-order chi connectivity index (χ0) is 20.0. The molecule has 1 amide bonds. The van der Waals surface area contributed by atoms with Gasteiger partial charge >= 0.3 is 0 Å². The van der Waals surface area contributed by atoms with Crippen LogP contribution in [0.4, 0.5) is 16.0 Å². The molecule has 8 nitrogen and oxygen atoms in total. The molecule has 0 bridgehead atoms. The molecule has 5 heterocycles. The number of alkyl halides is 1. The van der Waals surface area contributed by atoms with E-state index in [-0.39, 0.29) is 5.91 Å². The van der Waals surface area contributed by atoms with Crippen molar-refractivity contribution in [1.29, 1.82) is 0 Å². The molecule has 29 heavy (non-hydrogen) atoms. The third-order valence-corrected chi connectivity index (χ3v) is 5.25. The summed E-state index contributed by atoms with van der Waals surface area (Å²) < 4.78 is 20.3. The third-order valence-electron chi connectivity index (χ3n) is 5.25. The lowest BCUT2D eigenvalue weighted by molar-refractivity contribution is 0.0995. The van der Waals surface area contributed by atoms with Crippen molar-refractivity contribution in [2.75, 3.05) is 30.0 Å². The lowest BCUT2D eigenvalue weighted by atomic mass is 10.3. The molecule has 5 rings (SSSR count). The minimum Gasteiger partial charge on any atom is -0.497 e. The summed E-state index contributed by atoms with van der Waals surface area (Å²) >= 11 is 0. The second kappa shape index (κ2) is 6.84. The number of hydrogen-bond acceptors (Lipinski definition) is 6. The van der Waals surface area contributed by atoms with E-state index in [0.717, 1.165) is 11.5 Å². The van der Waals surface area contributed by atoms with Crippen molar-refractivity contribution in [3.63, 3.8) is 0 Å². The Hall–Kier alpha value is -3.49. The van der Waals surface area contributed by atoms with Crippen LogP contribution in [0.5, 0.6) is 5.75 Å². The number of hydrogen-bond donors (Lipinski definition) is 0. The van der Waals surface area contributed by atoms with E-state index in [4.69, 9.17) is 4.74 Å². The summed E-state index contributed by atoms with van der Waals surface area (Å²) in [5.41, 5.74) is 1.97. The summed E-state index contributed by atoms with van der Waals surface area (Å²) in [6.07, 6.45) is 4.75. The van der Waals surface area contributed by atoms with Crippen LogP contribution in [-0.4, -0.2) is 52.0 Å². The first-order chi connectivity index (χ1) is 14.1. The average Bonchev–Trinajstić information content (AvgIpc) is 3.44. The Balaban J connectivity index is 1.36. The highest BCUT2D eigenvalue weighted by Crippen LogP contribution is 2.29. The molecular weight excluding hydrogens is 375 g/mol. The molecular formula is C20H19FN6O2. The number of amides is 1. The van der Waals surface area contributed by atoms with Crippen LogP contribution in [0.2, 0.25) is 0 Å². The standard InChI is InChI=1S/C20H19FN6O2/c1-29-15-4-6-22-19(8-15)26-12-17-16(20(26)28)11-27(24-17)14-2-3-18(23-9-14)25-7-5-13(21)10-25/h2-4,6,8-9,11,13H,5,7,10,12H2,1H3/t13-/m0/s1. The molecule has 0 aliphatic carbocycles. The van der Waals surface area contributed by atoms with Crippen LogP contribution in [0.25, 0.3) is 5.69 Å². The Labute approximate surface area is 166 Å². The fourth-order valence-electron chi connectivity index (χ4n) is 3.69. The van der Waals surface area contributed by atoms with Gasteiger partial charge in [-0.1, -0.05) is 0 Å². The van der Waals surface area contributed by atoms with Crippen molar-refractivity contribution in [3.8, 4) is 11.4 Å². The second-order valence-electron chi connectivity index (χ2n) is 7.09. The van der Waals surface area contributed by atoms with Crippen LogP contribution in [-0.2, 0) is 6.54 Å². The van der Waals surface area contributed by atoms with Crippen LogP contribution >= 0.6 is 0 Å². The molecule has 0 saturated carbocycles. The minimum atomic E-state index is -0.793. The number of carbonyl (C=O) groups excluding carboxylic acids is 1. The Morgan fingerprint density at radius 3 is 2.79 bits per heavy atom. The lowest BCUT2D eigenvalue weighted by Crippen LogP contribution is -2.24. The number of pyridine rings is 2. The van der Waals surface area contributed by atoms with Crippen LogP contribution in [0.1, 0.15) is 22.5 Å². The van der Waals surface area contributed by atoms with Gasteiger partial charge in [0, 0.05) is 25.0 Å². The van der Waals surface area contributed by atoms with Gasteiger partial charge in [-0.05, 0) is 24.6 Å². The first-order valence-electron chi connectivity index (χ1n) is 9.38. The van der Waals surface area contributed by atoms with Crippen LogP contribution in [0.3, 0.4) is 0 Å². The lowest BCUT2D eigenvalue weighted by Gasteiger charge is -2.16. The molecule has 2 aliphatic heterocycles. The molecule has 1 atom stereocenters. The summed E-state index contributed by atoms with van der Waals surface area (Å²) in [4.78, 5) is 25.0. The van der Waals surface area contributed by atoms with Gasteiger partial charge in [0.05, 0.1) is 43.3 Å². The van der Waals surface area contributed by atoms with Gasteiger partial charge < -0.3 is 9.64 Å². The number of nitrogens with zero attached hydrogens (tertiary/aromatic N) is 6. The van der Waals surface area contributed by atoms with Crippen molar-refractivity contribution >= 4 is 17.5 Å². The van der Waals surface area contributed by atoms with E-state index >= 15 is 0 Å². The van der Waals surface area contributed by atoms with E-state index in [1.165, 1.54) is 0 Å². The van der Waals surface area contributed by atoms with E-state index in [9.17, 15) is 9.18 Å². The molecule has 148 valence electrons. The Morgan fingerprint density at radius 2 is 2.10 bits per heavy atom. The zero-order valence-electron chi connectivity index (χ0n) is 15.8. The normalized spacial score (nSPS) is 18.4. The van der Waals surface area contributed by atoms with Gasteiger partial charge in [0.25, 0.3) is 5.91 Å². The number of anilines is 2. The van der Waals surface area contributed by atoms with Crippen LogP contribution in [0, 0.1) is 0 Å². The second-order valence-corrected chi connectivity index (χ2v) is 7.09. The number of rotatable bonds is 4. The van der Waals surface area contributed by atoms with E-state index in [0.29, 0.717) is 48.9 Å². The Bertz CT molecular complexity index is 1070. The first kappa shape index (κ1) is 17.6. The van der Waals surface area contributed by atoms with Gasteiger partial charge in [0.2, 0.25) is 0 Å². The molecule has 0 unspecified atom stereocenters. The van der Waals surface area contributed by atoms with Crippen molar-refractivity contribution < 1.29 is 13.9 Å². The highest BCUT2D eigenvalue weighted by atomic mass is 19.1. The summed E-state index contributed by atoms with van der Waals surface area (Å²) in [5.74, 6) is 1.77. The summed E-state index contributed by atoms with van der Waals surface area (Å²) in [6, 6.07) is 7.19. The first-order valence-corrected chi connectivity index (χ1v) is 9.38. The molecule has 0 aromatic carbocycles. The van der Waals surface area contributed by atoms with Crippen LogP contribution < -0.4 is 14.5 Å². The SMILES string of the molecule is COc1ccnc(N2Cc3nn(-c4ccc(N5CC[C@H](F)C5)nc4)cc3C2=O)c1. The van der Waals surface area contributed by atoms with Crippen molar-refractivity contribution in [2.24, 2.45) is 0 Å². The predicted molar refractivity (Wildman–Crippen MR) is 104 cm³/mol. The van der Waals surface area contributed by atoms with Gasteiger partial charge in [-0.25, -0.2) is 19.0 Å². The highest BCUT2D eigenvalue weighted by molar-refractivity contribution is 6.09. The summed E-state index contributed by atoms with van der Waals surface area (Å²) in [6.45, 7) is 1.40. The van der Waals surface area contributed by atoms with E-state index < -0.39 is 6.17 Å². The molecule has 1 fully saturated rings. The van der Waals surface area contributed by atoms with Gasteiger partial charge in [-0.2, -0.15) is 5.10 Å². The van der Waals surface area contributed by atoms with E-state index in [1.807, 2.05) is 17.0 Å². The van der Waals surface area contributed by atoms with Gasteiger partial charge in [0.15, 0.2) is 0 Å². The third kappa shape index (κ3) is 3.08. The van der Waals surface area contributed by atoms with Gasteiger partial charge in [0.1, 0.15) is 23.6 Å². The largest absolute Gasteiger partial charge is 0.497 e. The van der Waals surface area contributed by atoms with Crippen molar-refractivity contribution in [1.82, 2.24) is 19.7 Å². The number of halogens is 1. The zero-order valence-corrected chi connectivity index (χ0v) is 15.8. The Morgan fingerprint density at radius 1 is 1.21 bits per heavy atom. The van der Waals surface area contributed by atoms with Gasteiger partial charge in [-0.3, -0.25) is 9.69 Å². The quantitative estimate of drug-likeness (QED) is 0.676. The Kier molecular flexibility index (Phi) is 4.15. The summed E-state index contributed by atoms with van der Waals surface area (Å²) in [7, 11) is 1.57. The molecule has 3 aromatic heterocycles. The molecule has 1 saturated heterocycles. The minimum absolute atomic E-state index is 0.150. The number of methoxy groups -OCH3 is 1. The maximum Gasteiger partial charge on any atom is 0.263 e. The number of ether oxygens (including phenoxy) is 1. The fraction of sp³-hybridized carbons (Fsp3) is 0.300. The molecule has 9 heteroatoms. The number of aromatic nitrogens is 4. The molecule has 0 N–H and O–H groups in total. The number of fused-ring (bicyclic) bond motifs is 1. The van der Waals surface area contributed by atoms with Crippen molar-refractivity contribution in [3.05, 3.63) is 54.1 Å². The number of carbonyl (C=O) groups is 1. The fourth-order valence-corrected chi connectivity index (χ4v) is 3.69. The topological polar surface area (TPSA) is 76.4 Å². The molecule has 0 spiro atoms. The molecule has 3 aromatic rings. The molecule has 0 radical (unpaired) electrons. The predicted octanol–water partition coefficient (Wildman–Crippen LogP) is 2.38.